The van der Waals surface area contributed by atoms with E-state index in [1.54, 1.807) is 12.1 Å². The Labute approximate surface area is 153 Å². The van der Waals surface area contributed by atoms with Gasteiger partial charge in [0.05, 0.1) is 6.54 Å². The molecule has 1 aliphatic carbocycles. The van der Waals surface area contributed by atoms with Gasteiger partial charge in [-0.05, 0) is 23.6 Å². The number of quaternary nitrogens is 1. The first-order valence-corrected chi connectivity index (χ1v) is 9.33. The molecule has 1 aliphatic heterocycles. The molecule has 0 bridgehead atoms. The summed E-state index contributed by atoms with van der Waals surface area (Å²) in [5, 5.41) is 5.28. The summed E-state index contributed by atoms with van der Waals surface area (Å²) in [5.41, 5.74) is 8.32. The van der Waals surface area contributed by atoms with Gasteiger partial charge in [0.15, 0.2) is 0 Å². The number of H-pyrrole nitrogens is 1. The molecule has 6 heteroatoms. The van der Waals surface area contributed by atoms with Gasteiger partial charge in [-0.1, -0.05) is 18.2 Å². The van der Waals surface area contributed by atoms with Crippen LogP contribution in [0.5, 0.6) is 0 Å². The van der Waals surface area contributed by atoms with E-state index in [2.05, 4.69) is 46.2 Å². The summed E-state index contributed by atoms with van der Waals surface area (Å²) >= 11 is 0. The molecule has 0 saturated heterocycles. The van der Waals surface area contributed by atoms with Crippen LogP contribution < -0.4 is 10.7 Å². The molecule has 4 rings (SSSR count). The number of nitrogens with zero attached hydrogens (tertiary/aromatic N) is 1. The Hall–Kier alpha value is -2.15. The SMILES string of the molecule is COCCCNN(C)C(=O)[C@@H]1C=C2c3cccc4[nH]cc(c34)C[C@H]2[NH2+]C1. The Balaban J connectivity index is 1.54. The number of fused-ring (bicyclic) bond motifs is 2. The van der Waals surface area contributed by atoms with Crippen molar-refractivity contribution in [2.75, 3.05) is 33.9 Å². The third-order valence-electron chi connectivity index (χ3n) is 5.52. The van der Waals surface area contributed by atoms with Crippen LogP contribution in [0.2, 0.25) is 0 Å². The van der Waals surface area contributed by atoms with Crippen LogP contribution in [-0.2, 0) is 16.0 Å². The van der Waals surface area contributed by atoms with Gasteiger partial charge in [0.1, 0.15) is 12.0 Å². The van der Waals surface area contributed by atoms with E-state index in [0.29, 0.717) is 12.6 Å². The molecule has 138 valence electrons. The summed E-state index contributed by atoms with van der Waals surface area (Å²) in [6.07, 6.45) is 6.24. The van der Waals surface area contributed by atoms with E-state index in [9.17, 15) is 4.79 Å². The number of carbonyl (C=O) groups excluding carboxylic acids is 1. The highest BCUT2D eigenvalue weighted by Gasteiger charge is 2.35. The maximum atomic E-state index is 12.8. The van der Waals surface area contributed by atoms with Gasteiger partial charge < -0.3 is 15.0 Å². The zero-order valence-electron chi connectivity index (χ0n) is 15.4. The molecule has 0 fully saturated rings. The Morgan fingerprint density at radius 2 is 2.35 bits per heavy atom. The highest BCUT2D eigenvalue weighted by atomic mass is 16.5. The van der Waals surface area contributed by atoms with Gasteiger partial charge in [0.25, 0.3) is 0 Å². The van der Waals surface area contributed by atoms with Crippen LogP contribution in [0.15, 0.2) is 30.5 Å². The van der Waals surface area contributed by atoms with Gasteiger partial charge in [-0.25, -0.2) is 5.43 Å². The standard InChI is InChI=1S/C20H26N4O2/c1-24(23-7-4-8-26-2)20(25)14-9-16-15-5-3-6-17-19(15)13(11-21-17)10-18(16)22-12-14/h3,5-6,9,11,14,18,21-23H,4,7-8,10,12H2,1-2H3/p+1/t14-,18-/m1/s1. The van der Waals surface area contributed by atoms with E-state index in [1.807, 2.05) is 7.05 Å². The molecule has 0 saturated carbocycles. The van der Waals surface area contributed by atoms with Gasteiger partial charge in [0.2, 0.25) is 5.91 Å². The maximum Gasteiger partial charge on any atom is 0.249 e. The number of amides is 1. The molecule has 2 atom stereocenters. The minimum Gasteiger partial charge on any atom is -0.385 e. The van der Waals surface area contributed by atoms with Crippen molar-refractivity contribution >= 4 is 22.4 Å². The average Bonchev–Trinajstić information content (AvgIpc) is 3.08. The Bertz CT molecular complexity index is 841. The summed E-state index contributed by atoms with van der Waals surface area (Å²) in [6, 6.07) is 6.81. The van der Waals surface area contributed by atoms with Crippen LogP contribution in [0.4, 0.5) is 0 Å². The second-order valence-corrected chi connectivity index (χ2v) is 7.20. The van der Waals surface area contributed by atoms with E-state index in [-0.39, 0.29) is 11.8 Å². The molecule has 6 nitrogen and oxygen atoms in total. The summed E-state index contributed by atoms with van der Waals surface area (Å²) in [4.78, 5) is 16.2. The highest BCUT2D eigenvalue weighted by Crippen LogP contribution is 2.36. The van der Waals surface area contributed by atoms with Crippen molar-refractivity contribution < 1.29 is 14.8 Å². The lowest BCUT2D eigenvalue weighted by Crippen LogP contribution is -2.93. The maximum absolute atomic E-state index is 12.8. The third-order valence-corrected chi connectivity index (χ3v) is 5.52. The van der Waals surface area contributed by atoms with Crippen molar-refractivity contribution in [3.63, 3.8) is 0 Å². The minimum absolute atomic E-state index is 0.100. The number of nitrogens with two attached hydrogens (primary N) is 1. The minimum atomic E-state index is -0.100. The molecule has 0 unspecified atom stereocenters. The molecule has 2 aliphatic rings. The fourth-order valence-electron chi connectivity index (χ4n) is 4.19. The van der Waals surface area contributed by atoms with E-state index in [4.69, 9.17) is 4.74 Å². The van der Waals surface area contributed by atoms with E-state index in [0.717, 1.165) is 25.9 Å². The Morgan fingerprint density at radius 1 is 1.46 bits per heavy atom. The van der Waals surface area contributed by atoms with Crippen LogP contribution in [0.25, 0.3) is 16.5 Å². The summed E-state index contributed by atoms with van der Waals surface area (Å²) in [5.74, 6) is 0.0218. The predicted octanol–water partition coefficient (Wildman–Crippen LogP) is 0.669. The number of aromatic amines is 1. The smallest absolute Gasteiger partial charge is 0.249 e. The number of aromatic nitrogens is 1. The van der Waals surface area contributed by atoms with Crippen LogP contribution in [0, 0.1) is 5.92 Å². The fraction of sp³-hybridized carbons (Fsp3) is 0.450. The molecule has 4 N–H and O–H groups in total. The number of hydrogen-bond acceptors (Lipinski definition) is 3. The van der Waals surface area contributed by atoms with Crippen molar-refractivity contribution in [1.29, 1.82) is 0 Å². The normalized spacial score (nSPS) is 21.4. The van der Waals surface area contributed by atoms with Crippen molar-refractivity contribution in [3.05, 3.63) is 41.6 Å². The first-order valence-electron chi connectivity index (χ1n) is 9.33. The highest BCUT2D eigenvalue weighted by molar-refractivity contribution is 5.98. The van der Waals surface area contributed by atoms with Crippen LogP contribution in [0.1, 0.15) is 17.5 Å². The van der Waals surface area contributed by atoms with Gasteiger partial charge in [-0.2, -0.15) is 0 Å². The van der Waals surface area contributed by atoms with Crippen molar-refractivity contribution in [2.45, 2.75) is 18.9 Å². The second kappa shape index (κ2) is 7.23. The molecule has 0 radical (unpaired) electrons. The zero-order chi connectivity index (χ0) is 18.1. The fourth-order valence-corrected chi connectivity index (χ4v) is 4.19. The monoisotopic (exact) mass is 355 g/mol. The van der Waals surface area contributed by atoms with Gasteiger partial charge in [0, 0.05) is 56.4 Å². The lowest BCUT2D eigenvalue weighted by molar-refractivity contribution is -0.681. The largest absolute Gasteiger partial charge is 0.385 e. The zero-order valence-corrected chi connectivity index (χ0v) is 15.4. The van der Waals surface area contributed by atoms with E-state index < -0.39 is 0 Å². The number of hydrogen-bond donors (Lipinski definition) is 3. The average molecular weight is 355 g/mol. The number of hydrazine groups is 1. The molecular formula is C20H27N4O2+. The van der Waals surface area contributed by atoms with Gasteiger partial charge >= 0.3 is 0 Å². The molecule has 1 amide bonds. The molecule has 1 aromatic heterocycles. The van der Waals surface area contributed by atoms with Crippen LogP contribution in [0.3, 0.4) is 0 Å². The van der Waals surface area contributed by atoms with Crippen LogP contribution in [-0.4, -0.2) is 55.8 Å². The molecule has 2 heterocycles. The predicted molar refractivity (Wildman–Crippen MR) is 101 cm³/mol. The number of methoxy groups -OCH3 is 1. The lowest BCUT2D eigenvalue weighted by Gasteiger charge is -2.32. The van der Waals surface area contributed by atoms with Gasteiger partial charge in [-0.3, -0.25) is 9.80 Å². The van der Waals surface area contributed by atoms with Crippen molar-refractivity contribution in [1.82, 2.24) is 15.4 Å². The number of benzene rings is 1. The summed E-state index contributed by atoms with van der Waals surface area (Å²) in [7, 11) is 3.50. The number of nitrogens with one attached hydrogen (secondary N) is 2. The number of rotatable bonds is 6. The topological polar surface area (TPSA) is 74.0 Å². The van der Waals surface area contributed by atoms with E-state index in [1.165, 1.54) is 27.6 Å². The molecule has 26 heavy (non-hydrogen) atoms. The molecule has 0 spiro atoms. The summed E-state index contributed by atoms with van der Waals surface area (Å²) < 4.78 is 5.05. The quantitative estimate of drug-likeness (QED) is 0.527. The number of carbonyl (C=O) groups is 1. The lowest BCUT2D eigenvalue weighted by atomic mass is 9.80. The van der Waals surface area contributed by atoms with Crippen molar-refractivity contribution in [2.24, 2.45) is 5.92 Å². The third kappa shape index (κ3) is 3.05. The first kappa shape index (κ1) is 17.3. The Morgan fingerprint density at radius 3 is 3.19 bits per heavy atom. The van der Waals surface area contributed by atoms with Crippen LogP contribution >= 0.6 is 0 Å². The first-order chi connectivity index (χ1) is 12.7. The molecule has 1 aromatic carbocycles. The van der Waals surface area contributed by atoms with Crippen molar-refractivity contribution in [3.8, 4) is 0 Å². The van der Waals surface area contributed by atoms with Gasteiger partial charge in [-0.15, -0.1) is 0 Å². The molecular weight excluding hydrogens is 328 g/mol. The van der Waals surface area contributed by atoms with E-state index >= 15 is 0 Å². The summed E-state index contributed by atoms with van der Waals surface area (Å²) in [6.45, 7) is 2.23. The molecule has 2 aromatic rings. The number of ether oxygens (including phenoxy) is 1. The Kier molecular flexibility index (Phi) is 4.80. The second-order valence-electron chi connectivity index (χ2n) is 7.20.